The van der Waals surface area contributed by atoms with Crippen molar-refractivity contribution in [3.63, 3.8) is 0 Å². The van der Waals surface area contributed by atoms with Crippen molar-refractivity contribution in [2.24, 2.45) is 11.5 Å². The van der Waals surface area contributed by atoms with Crippen LogP contribution in [0.1, 0.15) is 206 Å². The number of nitrogens with two attached hydrogens (primary N) is 2. The Kier molecular flexibility index (Phi) is 48.2. The zero-order valence-electron chi connectivity index (χ0n) is 35.4. The van der Waals surface area contributed by atoms with Gasteiger partial charge in [-0.1, -0.05) is 181 Å². The van der Waals surface area contributed by atoms with Gasteiger partial charge in [-0.25, -0.2) is 0 Å². The first kappa shape index (κ1) is 55.2. The van der Waals surface area contributed by atoms with Crippen LogP contribution in [0.3, 0.4) is 0 Å². The lowest BCUT2D eigenvalue weighted by molar-refractivity contribution is -0.870. The Morgan fingerprint density at radius 2 is 0.520 bits per heavy atom. The van der Waals surface area contributed by atoms with Crippen molar-refractivity contribution in [3.8, 4) is 0 Å². The Hall–Kier alpha value is -1.54. The molecule has 0 atom stereocenters. The lowest BCUT2D eigenvalue weighted by Crippen LogP contribution is -2.37. The summed E-state index contributed by atoms with van der Waals surface area (Å²) in [6, 6.07) is 0. The van der Waals surface area contributed by atoms with E-state index in [1.807, 2.05) is 0 Å². The zero-order chi connectivity index (χ0) is 38.8. The molecule has 0 radical (unpaired) electrons. The normalized spacial score (nSPS) is 11.0. The first-order valence-electron chi connectivity index (χ1n) is 21.2. The largest absolute Gasteiger partial charge is 0.652 e. The third-order valence-corrected chi connectivity index (χ3v) is 8.86. The number of rotatable bonds is 32. The summed E-state index contributed by atoms with van der Waals surface area (Å²) in [6.45, 7) is 7.25. The maximum atomic E-state index is 8.33. The van der Waals surface area contributed by atoms with Crippen LogP contribution in [0.2, 0.25) is 0 Å². The number of hydrogen-bond acceptors (Lipinski definition) is 4. The van der Waals surface area contributed by atoms with Gasteiger partial charge in [-0.05, 0) is 31.8 Å². The van der Waals surface area contributed by atoms with Gasteiger partial charge in [0, 0.05) is 0 Å². The number of carbonyl (C=O) groups excluding carboxylic acids is 1. The van der Waals surface area contributed by atoms with E-state index in [-0.39, 0.29) is 5.96 Å². The second kappa shape index (κ2) is 43.6. The number of nitrogens with one attached hydrogen (secondary N) is 1. The molecule has 0 fully saturated rings. The predicted molar refractivity (Wildman–Crippen MR) is 217 cm³/mol. The minimum atomic E-state index is -2.33. The summed E-state index contributed by atoms with van der Waals surface area (Å²) in [5.74, 6) is -0.333. The summed E-state index contributed by atoms with van der Waals surface area (Å²) in [4.78, 5) is 8.33. The van der Waals surface area contributed by atoms with Gasteiger partial charge in [-0.3, -0.25) is 5.41 Å². The van der Waals surface area contributed by atoms with E-state index in [0.717, 1.165) is 8.97 Å². The molecule has 304 valence electrons. The molecule has 0 aliphatic heterocycles. The quantitative estimate of drug-likeness (QED) is 0.0276. The highest BCUT2D eigenvalue weighted by molar-refractivity contribution is 5.71. The smallest absolute Gasteiger partial charge is 0.183 e. The topological polar surface area (TPSA) is 139 Å². The standard InChI is InChI=1S/2C20H44N.CH5N3.CH2O3/c2*1-5-6-7-8-9-10-11-12-13-14-15-16-17-18-19-20-21(2,3)4;2*2-1(3)4/h2*5-20H2,1-4H3;(H5,2,3,4);(H2,2,3,4)/q2*+1;;/p-2. The Bertz CT molecular complexity index is 599. The molecule has 0 aromatic rings. The fourth-order valence-corrected chi connectivity index (χ4v) is 5.91. The van der Waals surface area contributed by atoms with Gasteiger partial charge >= 0.3 is 0 Å². The number of carbonyl (C=O) groups is 1. The number of carboxylic acid groups (broad SMARTS) is 2. The first-order valence-corrected chi connectivity index (χ1v) is 21.2. The van der Waals surface area contributed by atoms with E-state index in [1.54, 1.807) is 0 Å². The fourth-order valence-electron chi connectivity index (χ4n) is 5.91. The predicted octanol–water partition coefficient (Wildman–Crippen LogP) is 9.52. The van der Waals surface area contributed by atoms with Crippen molar-refractivity contribution >= 4 is 12.1 Å². The number of guanidine groups is 1. The lowest BCUT2D eigenvalue weighted by atomic mass is 10.0. The summed E-state index contributed by atoms with van der Waals surface area (Å²) in [5, 5.41) is 22.7. The average Bonchev–Trinajstić information content (AvgIpc) is 3.00. The van der Waals surface area contributed by atoms with E-state index < -0.39 is 6.16 Å². The molecule has 0 saturated carbocycles. The minimum Gasteiger partial charge on any atom is -0.652 e. The van der Waals surface area contributed by atoms with Crippen LogP contribution in [-0.4, -0.2) is 76.5 Å². The van der Waals surface area contributed by atoms with Crippen LogP contribution < -0.4 is 21.7 Å². The van der Waals surface area contributed by atoms with Crippen LogP contribution in [0, 0.1) is 5.41 Å². The third-order valence-electron chi connectivity index (χ3n) is 8.86. The molecule has 0 aliphatic carbocycles. The van der Waals surface area contributed by atoms with Gasteiger partial charge in [0.2, 0.25) is 0 Å². The maximum absolute atomic E-state index is 8.33. The van der Waals surface area contributed by atoms with Gasteiger partial charge in [-0.2, -0.15) is 0 Å². The second-order valence-corrected chi connectivity index (χ2v) is 16.6. The molecular formula is C42H93N5O3. The Morgan fingerprint density at radius 3 is 0.640 bits per heavy atom. The monoisotopic (exact) mass is 716 g/mol. The zero-order valence-corrected chi connectivity index (χ0v) is 35.4. The molecule has 8 nitrogen and oxygen atoms in total. The first-order chi connectivity index (χ1) is 23.6. The van der Waals surface area contributed by atoms with Crippen molar-refractivity contribution in [1.29, 1.82) is 5.41 Å². The average molecular weight is 716 g/mol. The lowest BCUT2D eigenvalue weighted by Gasteiger charge is -2.23. The second-order valence-electron chi connectivity index (χ2n) is 16.6. The highest BCUT2D eigenvalue weighted by atomic mass is 16.6. The molecule has 0 rings (SSSR count). The molecule has 0 aromatic carbocycles. The molecule has 0 unspecified atom stereocenters. The van der Waals surface area contributed by atoms with E-state index in [4.69, 9.17) is 20.4 Å². The molecular weight excluding hydrogens is 622 g/mol. The highest BCUT2D eigenvalue weighted by Crippen LogP contribution is 2.15. The minimum absolute atomic E-state index is 0.333. The van der Waals surface area contributed by atoms with Crippen LogP contribution in [0.4, 0.5) is 4.79 Å². The van der Waals surface area contributed by atoms with Gasteiger partial charge < -0.3 is 35.4 Å². The van der Waals surface area contributed by atoms with Gasteiger partial charge in [0.15, 0.2) is 5.96 Å². The van der Waals surface area contributed by atoms with Crippen molar-refractivity contribution in [2.45, 2.75) is 206 Å². The van der Waals surface area contributed by atoms with Gasteiger partial charge in [0.25, 0.3) is 0 Å². The van der Waals surface area contributed by atoms with Crippen LogP contribution in [0.25, 0.3) is 0 Å². The highest BCUT2D eigenvalue weighted by Gasteiger charge is 2.06. The van der Waals surface area contributed by atoms with Crippen LogP contribution >= 0.6 is 0 Å². The van der Waals surface area contributed by atoms with Gasteiger partial charge in [-0.15, -0.1) is 0 Å². The van der Waals surface area contributed by atoms with E-state index in [1.165, 1.54) is 206 Å². The molecule has 0 bridgehead atoms. The number of quaternary nitrogens is 2. The van der Waals surface area contributed by atoms with Crippen molar-refractivity contribution < 1.29 is 24.0 Å². The molecule has 0 spiro atoms. The van der Waals surface area contributed by atoms with E-state index >= 15 is 0 Å². The molecule has 8 heteroatoms. The van der Waals surface area contributed by atoms with Crippen LogP contribution in [0.5, 0.6) is 0 Å². The maximum Gasteiger partial charge on any atom is 0.183 e. The molecule has 0 aliphatic rings. The van der Waals surface area contributed by atoms with Crippen molar-refractivity contribution in [2.75, 3.05) is 55.4 Å². The Balaban J connectivity index is -0.000000347. The summed E-state index contributed by atoms with van der Waals surface area (Å²) in [6.07, 6.45) is 41.4. The molecule has 50 heavy (non-hydrogen) atoms. The molecule has 5 N–H and O–H groups in total. The Morgan fingerprint density at radius 1 is 0.400 bits per heavy atom. The summed E-state index contributed by atoms with van der Waals surface area (Å²) in [5.41, 5.74) is 8.94. The number of unbranched alkanes of at least 4 members (excludes halogenated alkanes) is 28. The van der Waals surface area contributed by atoms with E-state index in [9.17, 15) is 0 Å². The van der Waals surface area contributed by atoms with Crippen molar-refractivity contribution in [1.82, 2.24) is 0 Å². The molecule has 0 saturated heterocycles. The van der Waals surface area contributed by atoms with E-state index in [0.29, 0.717) is 0 Å². The molecule has 0 amide bonds. The fraction of sp³-hybridized carbons (Fsp3) is 0.952. The molecule has 0 heterocycles. The van der Waals surface area contributed by atoms with E-state index in [2.05, 4.69) is 67.6 Å². The number of hydrogen-bond donors (Lipinski definition) is 3. The van der Waals surface area contributed by atoms with Crippen LogP contribution in [0.15, 0.2) is 0 Å². The summed E-state index contributed by atoms with van der Waals surface area (Å²) < 4.78 is 2.25. The third kappa shape index (κ3) is 80.9. The van der Waals surface area contributed by atoms with Gasteiger partial charge in [0.1, 0.15) is 0 Å². The summed E-state index contributed by atoms with van der Waals surface area (Å²) in [7, 11) is 13.8. The van der Waals surface area contributed by atoms with Crippen molar-refractivity contribution in [3.05, 3.63) is 0 Å². The SMILES string of the molecule is CCCCCCCCCCCCCCCCC[N+](C)(C)C.CCCCCCCCCCCCCCCCC[N+](C)(C)C.N=C(N)N.O=C([O-])[O-]. The number of nitrogens with zero attached hydrogens (tertiary/aromatic N) is 2. The summed E-state index contributed by atoms with van der Waals surface area (Å²) >= 11 is 0. The van der Waals surface area contributed by atoms with Gasteiger partial charge in [0.05, 0.1) is 55.4 Å². The van der Waals surface area contributed by atoms with Crippen LogP contribution in [-0.2, 0) is 0 Å². The molecule has 0 aromatic heterocycles. The Labute approximate surface area is 314 Å².